The van der Waals surface area contributed by atoms with Crippen LogP contribution in [-0.2, 0) is 0 Å². The Morgan fingerprint density at radius 2 is 2.25 bits per heavy atom. The topological polar surface area (TPSA) is 41.1 Å². The largest absolute Gasteiger partial charge is 0.338 e. The van der Waals surface area contributed by atoms with Gasteiger partial charge in [-0.3, -0.25) is 0 Å². The lowest BCUT2D eigenvalue weighted by Crippen LogP contribution is -2.37. The van der Waals surface area contributed by atoms with E-state index in [0.29, 0.717) is 12.6 Å². The van der Waals surface area contributed by atoms with Crippen molar-refractivity contribution in [2.24, 2.45) is 5.92 Å². The van der Waals surface area contributed by atoms with Gasteiger partial charge in [0.2, 0.25) is 0 Å². The van der Waals surface area contributed by atoms with Crippen LogP contribution in [0.3, 0.4) is 0 Å². The van der Waals surface area contributed by atoms with Crippen molar-refractivity contribution in [2.75, 3.05) is 6.54 Å². The van der Waals surface area contributed by atoms with E-state index >= 15 is 0 Å². The van der Waals surface area contributed by atoms with Crippen molar-refractivity contribution in [3.8, 4) is 0 Å². The van der Waals surface area contributed by atoms with Crippen molar-refractivity contribution in [1.82, 2.24) is 10.6 Å². The molecule has 0 aromatic rings. The molecule has 0 bridgehead atoms. The summed E-state index contributed by atoms with van der Waals surface area (Å²) in [6, 6.07) is 0.442. The second-order valence-electron chi connectivity index (χ2n) is 3.39. The number of carbonyl (C=O) groups is 1. The Bertz CT molecular complexity index is 159. The molecule has 2 amide bonds. The third-order valence-electron chi connectivity index (χ3n) is 2.24. The second kappa shape index (κ2) is 4.33. The maximum Gasteiger partial charge on any atom is 0.315 e. The van der Waals surface area contributed by atoms with Crippen molar-refractivity contribution >= 4 is 6.03 Å². The zero-order valence-corrected chi connectivity index (χ0v) is 7.89. The number of carbonyl (C=O) groups excluding carboxylic acids is 1. The average Bonchev–Trinajstić information content (AvgIpc) is 2.69. The lowest BCUT2D eigenvalue weighted by Gasteiger charge is -2.03. The van der Waals surface area contributed by atoms with E-state index in [1.165, 1.54) is 19.3 Å². The summed E-state index contributed by atoms with van der Waals surface area (Å²) in [5.41, 5.74) is 0. The zero-order valence-electron chi connectivity index (χ0n) is 7.89. The molecule has 0 heterocycles. The Hall–Kier alpha value is -0.730. The number of amides is 2. The molecular formula is C9H18N2O. The van der Waals surface area contributed by atoms with Gasteiger partial charge in [0.15, 0.2) is 0 Å². The fraction of sp³-hybridized carbons (Fsp3) is 0.889. The molecule has 2 N–H and O–H groups in total. The lowest BCUT2D eigenvalue weighted by atomic mass is 10.2. The first kappa shape index (κ1) is 9.36. The van der Waals surface area contributed by atoms with Crippen LogP contribution in [0.25, 0.3) is 0 Å². The highest BCUT2D eigenvalue weighted by molar-refractivity contribution is 5.74. The molecule has 1 aliphatic rings. The molecule has 0 radical (unpaired) electrons. The molecule has 3 heteroatoms. The van der Waals surface area contributed by atoms with E-state index < -0.39 is 0 Å². The normalized spacial score (nSPS) is 26.5. The van der Waals surface area contributed by atoms with Crippen molar-refractivity contribution in [3.05, 3.63) is 0 Å². The molecule has 2 unspecified atom stereocenters. The number of hydrogen-bond acceptors (Lipinski definition) is 1. The molecule has 70 valence electrons. The van der Waals surface area contributed by atoms with Crippen LogP contribution >= 0.6 is 0 Å². The smallest absolute Gasteiger partial charge is 0.315 e. The lowest BCUT2D eigenvalue weighted by molar-refractivity contribution is 0.240. The molecule has 1 fully saturated rings. The van der Waals surface area contributed by atoms with Gasteiger partial charge in [-0.1, -0.05) is 13.3 Å². The summed E-state index contributed by atoms with van der Waals surface area (Å²) in [7, 11) is 0. The third-order valence-corrected chi connectivity index (χ3v) is 2.24. The summed E-state index contributed by atoms with van der Waals surface area (Å²) in [5.74, 6) is 0.748. The van der Waals surface area contributed by atoms with Gasteiger partial charge < -0.3 is 10.6 Å². The first-order valence-electron chi connectivity index (χ1n) is 4.82. The monoisotopic (exact) mass is 170 g/mol. The molecule has 0 aromatic carbocycles. The van der Waals surface area contributed by atoms with E-state index in [0.717, 1.165) is 5.92 Å². The van der Waals surface area contributed by atoms with Crippen LogP contribution in [-0.4, -0.2) is 18.6 Å². The highest BCUT2D eigenvalue weighted by Crippen LogP contribution is 2.34. The summed E-state index contributed by atoms with van der Waals surface area (Å²) in [4.78, 5) is 11.0. The van der Waals surface area contributed by atoms with E-state index in [9.17, 15) is 4.79 Å². The van der Waals surface area contributed by atoms with Gasteiger partial charge in [-0.25, -0.2) is 4.79 Å². The standard InChI is InChI=1S/C9H18N2O/c1-3-5-7-6-8(7)11-9(12)10-4-2/h7-8H,3-6H2,1-2H3,(H2,10,11,12). The van der Waals surface area contributed by atoms with E-state index in [1.54, 1.807) is 0 Å². The van der Waals surface area contributed by atoms with Gasteiger partial charge in [-0.05, 0) is 25.7 Å². The summed E-state index contributed by atoms with van der Waals surface area (Å²) in [6.45, 7) is 4.81. The van der Waals surface area contributed by atoms with Crippen LogP contribution < -0.4 is 10.6 Å². The third kappa shape index (κ3) is 2.72. The molecule has 1 aliphatic carbocycles. The summed E-state index contributed by atoms with van der Waals surface area (Å²) >= 11 is 0. The van der Waals surface area contributed by atoms with Crippen molar-refractivity contribution < 1.29 is 4.79 Å². The SMILES string of the molecule is CCCC1CC1NC(=O)NCC. The van der Waals surface area contributed by atoms with E-state index in [2.05, 4.69) is 17.6 Å². The predicted octanol–water partition coefficient (Wildman–Crippen LogP) is 1.49. The Morgan fingerprint density at radius 1 is 1.50 bits per heavy atom. The van der Waals surface area contributed by atoms with Gasteiger partial charge in [-0.15, -0.1) is 0 Å². The molecular weight excluding hydrogens is 152 g/mol. The van der Waals surface area contributed by atoms with E-state index in [-0.39, 0.29) is 6.03 Å². The van der Waals surface area contributed by atoms with Gasteiger partial charge in [0, 0.05) is 12.6 Å². The minimum Gasteiger partial charge on any atom is -0.338 e. The Labute approximate surface area is 73.9 Å². The van der Waals surface area contributed by atoms with Crippen molar-refractivity contribution in [1.29, 1.82) is 0 Å². The Balaban J connectivity index is 2.06. The predicted molar refractivity (Wildman–Crippen MR) is 49.0 cm³/mol. The first-order chi connectivity index (χ1) is 5.77. The zero-order chi connectivity index (χ0) is 8.97. The fourth-order valence-electron chi connectivity index (χ4n) is 1.49. The molecule has 1 rings (SSSR count). The maximum atomic E-state index is 11.0. The second-order valence-corrected chi connectivity index (χ2v) is 3.39. The van der Waals surface area contributed by atoms with E-state index in [4.69, 9.17) is 0 Å². The Kier molecular flexibility index (Phi) is 3.38. The van der Waals surface area contributed by atoms with Gasteiger partial charge >= 0.3 is 6.03 Å². The fourth-order valence-corrected chi connectivity index (χ4v) is 1.49. The minimum absolute atomic E-state index is 0.0129. The summed E-state index contributed by atoms with van der Waals surface area (Å²) in [5, 5.41) is 5.67. The van der Waals surface area contributed by atoms with Gasteiger partial charge in [-0.2, -0.15) is 0 Å². The highest BCUT2D eigenvalue weighted by atomic mass is 16.2. The molecule has 0 aliphatic heterocycles. The summed E-state index contributed by atoms with van der Waals surface area (Å²) < 4.78 is 0. The maximum absolute atomic E-state index is 11.0. The van der Waals surface area contributed by atoms with Crippen LogP contribution in [0.5, 0.6) is 0 Å². The molecule has 0 spiro atoms. The molecule has 0 saturated heterocycles. The van der Waals surface area contributed by atoms with Crippen LogP contribution in [0.15, 0.2) is 0 Å². The molecule has 2 atom stereocenters. The molecule has 0 aromatic heterocycles. The molecule has 1 saturated carbocycles. The van der Waals surface area contributed by atoms with Crippen molar-refractivity contribution in [3.63, 3.8) is 0 Å². The average molecular weight is 170 g/mol. The highest BCUT2D eigenvalue weighted by Gasteiger charge is 2.36. The molecule has 3 nitrogen and oxygen atoms in total. The first-order valence-corrected chi connectivity index (χ1v) is 4.82. The molecule has 12 heavy (non-hydrogen) atoms. The van der Waals surface area contributed by atoms with Gasteiger partial charge in [0.05, 0.1) is 0 Å². The number of nitrogens with one attached hydrogen (secondary N) is 2. The van der Waals surface area contributed by atoms with Crippen LogP contribution in [0.1, 0.15) is 33.1 Å². The minimum atomic E-state index is -0.0129. The number of hydrogen-bond donors (Lipinski definition) is 2. The van der Waals surface area contributed by atoms with Crippen LogP contribution in [0, 0.1) is 5.92 Å². The van der Waals surface area contributed by atoms with Gasteiger partial charge in [0.25, 0.3) is 0 Å². The van der Waals surface area contributed by atoms with Gasteiger partial charge in [0.1, 0.15) is 0 Å². The number of urea groups is 1. The van der Waals surface area contributed by atoms with Crippen molar-refractivity contribution in [2.45, 2.75) is 39.2 Å². The van der Waals surface area contributed by atoms with Crippen LogP contribution in [0.2, 0.25) is 0 Å². The van der Waals surface area contributed by atoms with Crippen LogP contribution in [0.4, 0.5) is 4.79 Å². The quantitative estimate of drug-likeness (QED) is 0.659. The van der Waals surface area contributed by atoms with E-state index in [1.807, 2.05) is 6.92 Å². The Morgan fingerprint density at radius 3 is 2.83 bits per heavy atom. The number of rotatable bonds is 4. The summed E-state index contributed by atoms with van der Waals surface area (Å²) in [6.07, 6.45) is 3.64.